The summed E-state index contributed by atoms with van der Waals surface area (Å²) < 4.78 is 19.6. The van der Waals surface area contributed by atoms with Gasteiger partial charge in [-0.25, -0.2) is 4.39 Å². The highest BCUT2D eigenvalue weighted by Gasteiger charge is 2.10. The number of nitrogens with zero attached hydrogens (tertiary/aromatic N) is 3. The second-order valence-corrected chi connectivity index (χ2v) is 6.56. The minimum atomic E-state index is -1.02. The standard InChI is InChI=1S/C21H21FN4O3/c1-26(13-20(27)28)21(23)24-19-12-16(25-29-19)9-7-14-8-10-17(18(22)11-14)15-5-3-2-4-6-15/h2-6,8,10-12H,7,9,13H2,1H3,(H2,23,24)(H,27,28). The number of hydrogen-bond donors (Lipinski definition) is 2. The lowest BCUT2D eigenvalue weighted by Gasteiger charge is -2.13. The number of halogens is 1. The predicted molar refractivity (Wildman–Crippen MR) is 107 cm³/mol. The molecule has 3 rings (SSSR count). The lowest BCUT2D eigenvalue weighted by Crippen LogP contribution is -2.37. The number of hydrogen-bond acceptors (Lipinski definition) is 4. The number of aliphatic imine (C=N–C) groups is 1. The summed E-state index contributed by atoms with van der Waals surface area (Å²) in [6.07, 6.45) is 1.12. The molecule has 0 fully saturated rings. The van der Waals surface area contributed by atoms with Crippen molar-refractivity contribution in [3.63, 3.8) is 0 Å². The Labute approximate surface area is 167 Å². The number of benzene rings is 2. The molecule has 3 N–H and O–H groups in total. The third-order valence-corrected chi connectivity index (χ3v) is 4.32. The van der Waals surface area contributed by atoms with Crippen molar-refractivity contribution >= 4 is 17.8 Å². The van der Waals surface area contributed by atoms with Crippen LogP contribution in [0, 0.1) is 5.82 Å². The van der Waals surface area contributed by atoms with Crippen molar-refractivity contribution in [1.29, 1.82) is 0 Å². The van der Waals surface area contributed by atoms with Gasteiger partial charge in [0.05, 0.1) is 5.69 Å². The van der Waals surface area contributed by atoms with Crippen molar-refractivity contribution in [2.75, 3.05) is 13.6 Å². The number of aryl methyl sites for hydroxylation is 2. The van der Waals surface area contributed by atoms with E-state index < -0.39 is 5.97 Å². The molecule has 0 saturated carbocycles. The van der Waals surface area contributed by atoms with Crippen LogP contribution in [0.2, 0.25) is 0 Å². The van der Waals surface area contributed by atoms with E-state index in [-0.39, 0.29) is 24.2 Å². The van der Waals surface area contributed by atoms with Crippen molar-refractivity contribution < 1.29 is 18.8 Å². The molecule has 3 aromatic rings. The molecule has 1 aromatic heterocycles. The quantitative estimate of drug-likeness (QED) is 0.469. The zero-order valence-corrected chi connectivity index (χ0v) is 15.9. The summed E-state index contributed by atoms with van der Waals surface area (Å²) in [5, 5.41) is 12.7. The van der Waals surface area contributed by atoms with Gasteiger partial charge in [0.1, 0.15) is 12.4 Å². The SMILES string of the molecule is CN(CC(=O)O)C(N)=Nc1cc(CCc2ccc(-c3ccccc3)c(F)c2)no1. The largest absolute Gasteiger partial charge is 0.480 e. The maximum atomic E-state index is 14.5. The van der Waals surface area contributed by atoms with Crippen LogP contribution in [0.15, 0.2) is 64.1 Å². The van der Waals surface area contributed by atoms with Gasteiger partial charge in [-0.15, -0.1) is 0 Å². The Morgan fingerprint density at radius 2 is 1.97 bits per heavy atom. The lowest BCUT2D eigenvalue weighted by atomic mass is 10.0. The molecule has 29 heavy (non-hydrogen) atoms. The zero-order chi connectivity index (χ0) is 20.8. The van der Waals surface area contributed by atoms with E-state index in [0.29, 0.717) is 24.1 Å². The number of aromatic nitrogens is 1. The molecule has 7 nitrogen and oxygen atoms in total. The van der Waals surface area contributed by atoms with Crippen molar-refractivity contribution in [2.24, 2.45) is 10.7 Å². The molecule has 1 heterocycles. The molecule has 0 unspecified atom stereocenters. The van der Waals surface area contributed by atoms with Gasteiger partial charge in [-0.05, 0) is 30.0 Å². The number of aliphatic carboxylic acids is 1. The van der Waals surface area contributed by atoms with E-state index >= 15 is 0 Å². The van der Waals surface area contributed by atoms with Gasteiger partial charge < -0.3 is 20.3 Å². The van der Waals surface area contributed by atoms with Crippen LogP contribution >= 0.6 is 0 Å². The van der Waals surface area contributed by atoms with Gasteiger partial charge in [0, 0.05) is 18.7 Å². The molecule has 0 radical (unpaired) electrons. The minimum Gasteiger partial charge on any atom is -0.480 e. The molecule has 0 aliphatic carbocycles. The van der Waals surface area contributed by atoms with Gasteiger partial charge in [0.2, 0.25) is 0 Å². The Morgan fingerprint density at radius 1 is 1.21 bits per heavy atom. The fraction of sp³-hybridized carbons (Fsp3) is 0.190. The number of carbonyl (C=O) groups is 1. The Bertz CT molecular complexity index is 1020. The molecule has 0 aliphatic rings. The van der Waals surface area contributed by atoms with Crippen LogP contribution in [0.25, 0.3) is 11.1 Å². The summed E-state index contributed by atoms with van der Waals surface area (Å²) in [6, 6.07) is 16.2. The fourth-order valence-corrected chi connectivity index (χ4v) is 2.79. The van der Waals surface area contributed by atoms with Crippen molar-refractivity contribution in [3.8, 4) is 11.1 Å². The highest BCUT2D eigenvalue weighted by molar-refractivity contribution is 5.83. The van der Waals surface area contributed by atoms with E-state index in [1.54, 1.807) is 12.1 Å². The van der Waals surface area contributed by atoms with Gasteiger partial charge in [0.15, 0.2) is 5.96 Å². The fourth-order valence-electron chi connectivity index (χ4n) is 2.79. The van der Waals surface area contributed by atoms with Crippen LogP contribution in [0.1, 0.15) is 11.3 Å². The second-order valence-electron chi connectivity index (χ2n) is 6.56. The van der Waals surface area contributed by atoms with E-state index in [1.807, 2.05) is 36.4 Å². The summed E-state index contributed by atoms with van der Waals surface area (Å²) >= 11 is 0. The summed E-state index contributed by atoms with van der Waals surface area (Å²) in [7, 11) is 1.51. The van der Waals surface area contributed by atoms with Gasteiger partial charge in [-0.1, -0.05) is 47.6 Å². The molecule has 8 heteroatoms. The molecule has 150 valence electrons. The Kier molecular flexibility index (Phi) is 6.23. The van der Waals surface area contributed by atoms with E-state index in [2.05, 4.69) is 10.1 Å². The monoisotopic (exact) mass is 396 g/mol. The van der Waals surface area contributed by atoms with Crippen molar-refractivity contribution in [3.05, 3.63) is 71.7 Å². The minimum absolute atomic E-state index is 0.00803. The number of guanidine groups is 1. The number of likely N-dealkylation sites (N-methyl/N-ethyl adjacent to an activating group) is 1. The van der Waals surface area contributed by atoms with Crippen LogP contribution in [-0.4, -0.2) is 40.7 Å². The van der Waals surface area contributed by atoms with Crippen LogP contribution in [0.5, 0.6) is 0 Å². The molecular formula is C21H21FN4O3. The van der Waals surface area contributed by atoms with E-state index in [9.17, 15) is 9.18 Å². The van der Waals surface area contributed by atoms with Crippen LogP contribution < -0.4 is 5.73 Å². The Balaban J connectivity index is 1.62. The molecule has 0 spiro atoms. The first-order chi connectivity index (χ1) is 13.9. The smallest absolute Gasteiger partial charge is 0.323 e. The normalized spacial score (nSPS) is 11.4. The molecule has 0 amide bonds. The van der Waals surface area contributed by atoms with Crippen LogP contribution in [0.4, 0.5) is 10.3 Å². The third kappa shape index (κ3) is 5.41. The number of nitrogens with two attached hydrogens (primary N) is 1. The van der Waals surface area contributed by atoms with E-state index in [1.165, 1.54) is 18.0 Å². The van der Waals surface area contributed by atoms with Crippen LogP contribution in [-0.2, 0) is 17.6 Å². The first-order valence-electron chi connectivity index (χ1n) is 8.99. The average molecular weight is 396 g/mol. The Morgan fingerprint density at radius 3 is 2.66 bits per heavy atom. The van der Waals surface area contributed by atoms with Gasteiger partial charge in [0.25, 0.3) is 5.88 Å². The maximum Gasteiger partial charge on any atom is 0.323 e. The molecule has 0 aliphatic heterocycles. The summed E-state index contributed by atoms with van der Waals surface area (Å²) in [4.78, 5) is 16.0. The van der Waals surface area contributed by atoms with Crippen molar-refractivity contribution in [2.45, 2.75) is 12.8 Å². The third-order valence-electron chi connectivity index (χ3n) is 4.32. The Hall–Kier alpha value is -3.68. The highest BCUT2D eigenvalue weighted by atomic mass is 19.1. The van der Waals surface area contributed by atoms with E-state index in [0.717, 1.165) is 11.1 Å². The average Bonchev–Trinajstić information content (AvgIpc) is 3.14. The molecule has 0 saturated heterocycles. The molecule has 0 atom stereocenters. The van der Waals surface area contributed by atoms with Gasteiger partial charge in [-0.2, -0.15) is 4.99 Å². The number of carboxylic acids is 1. The predicted octanol–water partition coefficient (Wildman–Crippen LogP) is 3.23. The highest BCUT2D eigenvalue weighted by Crippen LogP contribution is 2.24. The molecular weight excluding hydrogens is 375 g/mol. The summed E-state index contributed by atoms with van der Waals surface area (Å²) in [5.41, 5.74) is 8.62. The summed E-state index contributed by atoms with van der Waals surface area (Å²) in [6.45, 7) is -0.277. The van der Waals surface area contributed by atoms with Crippen molar-refractivity contribution in [1.82, 2.24) is 10.1 Å². The topological polar surface area (TPSA) is 105 Å². The zero-order valence-electron chi connectivity index (χ0n) is 15.9. The second kappa shape index (κ2) is 9.01. The van der Waals surface area contributed by atoms with Gasteiger partial charge in [-0.3, -0.25) is 4.79 Å². The number of rotatable bonds is 7. The van der Waals surface area contributed by atoms with E-state index in [4.69, 9.17) is 15.4 Å². The molecule has 2 aromatic carbocycles. The first kappa shape index (κ1) is 20.1. The van der Waals surface area contributed by atoms with Crippen LogP contribution in [0.3, 0.4) is 0 Å². The lowest BCUT2D eigenvalue weighted by molar-refractivity contribution is -0.137. The molecule has 0 bridgehead atoms. The summed E-state index contributed by atoms with van der Waals surface area (Å²) in [5.74, 6) is -1.10. The first-order valence-corrected chi connectivity index (χ1v) is 8.99. The maximum absolute atomic E-state index is 14.5. The number of carboxylic acid groups (broad SMARTS) is 1. The van der Waals surface area contributed by atoms with Gasteiger partial charge >= 0.3 is 5.97 Å².